The monoisotopic (exact) mass is 179 g/mol. The van der Waals surface area contributed by atoms with Crippen molar-refractivity contribution in [2.45, 2.75) is 6.92 Å². The van der Waals surface area contributed by atoms with Gasteiger partial charge in [-0.05, 0) is 6.92 Å². The minimum Gasteiger partial charge on any atom is -0.346 e. The summed E-state index contributed by atoms with van der Waals surface area (Å²) < 4.78 is 1.67. The van der Waals surface area contributed by atoms with Crippen molar-refractivity contribution in [2.24, 2.45) is 7.05 Å². The second-order valence-corrected chi connectivity index (χ2v) is 3.00. The third-order valence-corrected chi connectivity index (χ3v) is 1.57. The van der Waals surface area contributed by atoms with Crippen molar-refractivity contribution in [3.8, 4) is 0 Å². The Kier molecular flexibility index (Phi) is 2.84. The predicted octanol–water partition coefficient (Wildman–Crippen LogP) is 0.726. The van der Waals surface area contributed by atoms with Crippen molar-refractivity contribution in [3.63, 3.8) is 0 Å². The minimum atomic E-state index is -0.171. The average Bonchev–Trinajstić information content (AvgIpc) is 2.47. The normalized spacial score (nSPS) is 9.69. The molecule has 0 aliphatic rings. The fourth-order valence-corrected chi connectivity index (χ4v) is 0.895. The maximum Gasteiger partial charge on any atom is 0.287 e. The molecule has 4 heteroatoms. The Balaban J connectivity index is 2.59. The molecule has 0 spiro atoms. The molecule has 1 aromatic heterocycles. The lowest BCUT2D eigenvalue weighted by atomic mass is 10.3. The molecule has 1 N–H and O–H groups in total. The highest BCUT2D eigenvalue weighted by atomic mass is 16.2. The number of carbonyl (C=O) groups is 1. The molecule has 0 saturated carbocycles. The largest absolute Gasteiger partial charge is 0.346 e. The third-order valence-electron chi connectivity index (χ3n) is 1.57. The number of imidazole rings is 1. The van der Waals surface area contributed by atoms with E-state index in [1.807, 2.05) is 6.92 Å². The van der Waals surface area contributed by atoms with E-state index in [1.165, 1.54) is 0 Å². The molecule has 0 saturated heterocycles. The number of carbonyl (C=O) groups excluding carboxylic acids is 1. The van der Waals surface area contributed by atoms with Crippen molar-refractivity contribution in [3.05, 3.63) is 30.4 Å². The highest BCUT2D eigenvalue weighted by Gasteiger charge is 2.08. The highest BCUT2D eigenvalue weighted by molar-refractivity contribution is 5.90. The summed E-state index contributed by atoms with van der Waals surface area (Å²) in [6.45, 7) is 6.04. The van der Waals surface area contributed by atoms with Gasteiger partial charge in [-0.2, -0.15) is 0 Å². The van der Waals surface area contributed by atoms with E-state index < -0.39 is 0 Å². The minimum absolute atomic E-state index is 0.171. The molecule has 0 fully saturated rings. The van der Waals surface area contributed by atoms with Crippen LogP contribution in [-0.4, -0.2) is 22.0 Å². The van der Waals surface area contributed by atoms with Crippen molar-refractivity contribution in [1.82, 2.24) is 14.9 Å². The first-order chi connectivity index (χ1) is 6.11. The first-order valence-corrected chi connectivity index (χ1v) is 4.01. The van der Waals surface area contributed by atoms with Gasteiger partial charge in [0.05, 0.1) is 0 Å². The molecule has 4 nitrogen and oxygen atoms in total. The topological polar surface area (TPSA) is 46.9 Å². The van der Waals surface area contributed by atoms with E-state index in [9.17, 15) is 4.79 Å². The Hall–Kier alpha value is -1.58. The number of rotatable bonds is 3. The summed E-state index contributed by atoms with van der Waals surface area (Å²) in [6.07, 6.45) is 3.32. The van der Waals surface area contributed by atoms with Crippen LogP contribution in [0, 0.1) is 0 Å². The number of nitrogens with one attached hydrogen (secondary N) is 1. The van der Waals surface area contributed by atoms with Crippen molar-refractivity contribution >= 4 is 5.91 Å². The predicted molar refractivity (Wildman–Crippen MR) is 50.4 cm³/mol. The average molecular weight is 179 g/mol. The van der Waals surface area contributed by atoms with E-state index in [0.29, 0.717) is 12.4 Å². The van der Waals surface area contributed by atoms with Gasteiger partial charge in [-0.15, -0.1) is 0 Å². The SMILES string of the molecule is C=C(C)CNC(=O)c1nccn1C. The molecule has 1 aromatic rings. The van der Waals surface area contributed by atoms with Crippen LogP contribution in [0.15, 0.2) is 24.5 Å². The first-order valence-electron chi connectivity index (χ1n) is 4.01. The van der Waals surface area contributed by atoms with E-state index >= 15 is 0 Å². The van der Waals surface area contributed by atoms with E-state index in [0.717, 1.165) is 5.57 Å². The number of aromatic nitrogens is 2. The fourth-order valence-electron chi connectivity index (χ4n) is 0.895. The number of hydrogen-bond donors (Lipinski definition) is 1. The Morgan fingerprint density at radius 2 is 2.46 bits per heavy atom. The van der Waals surface area contributed by atoms with Crippen molar-refractivity contribution < 1.29 is 4.79 Å². The van der Waals surface area contributed by atoms with Crippen LogP contribution in [-0.2, 0) is 7.05 Å². The van der Waals surface area contributed by atoms with Crippen LogP contribution in [0.3, 0.4) is 0 Å². The lowest BCUT2D eigenvalue weighted by Gasteiger charge is -2.03. The van der Waals surface area contributed by atoms with Crippen molar-refractivity contribution in [1.29, 1.82) is 0 Å². The summed E-state index contributed by atoms with van der Waals surface area (Å²) in [6, 6.07) is 0. The molecule has 0 aliphatic heterocycles. The summed E-state index contributed by atoms with van der Waals surface area (Å²) in [5.41, 5.74) is 0.919. The fraction of sp³-hybridized carbons (Fsp3) is 0.333. The van der Waals surface area contributed by atoms with Crippen LogP contribution in [0.4, 0.5) is 0 Å². The van der Waals surface area contributed by atoms with Crippen LogP contribution >= 0.6 is 0 Å². The summed E-state index contributed by atoms with van der Waals surface area (Å²) in [4.78, 5) is 15.3. The van der Waals surface area contributed by atoms with Crippen LogP contribution in [0.25, 0.3) is 0 Å². The second kappa shape index (κ2) is 3.89. The lowest BCUT2D eigenvalue weighted by Crippen LogP contribution is -2.27. The standard InChI is InChI=1S/C9H13N3O/c1-7(2)6-11-9(13)8-10-4-5-12(8)3/h4-5H,1,6H2,2-3H3,(H,11,13). The smallest absolute Gasteiger partial charge is 0.287 e. The maximum absolute atomic E-state index is 11.4. The van der Waals surface area contributed by atoms with E-state index in [2.05, 4.69) is 16.9 Å². The lowest BCUT2D eigenvalue weighted by molar-refractivity contribution is 0.0943. The molecule has 0 atom stereocenters. The molecular weight excluding hydrogens is 166 g/mol. The van der Waals surface area contributed by atoms with Gasteiger partial charge in [-0.1, -0.05) is 12.2 Å². The molecular formula is C9H13N3O. The summed E-state index contributed by atoms with van der Waals surface area (Å²) >= 11 is 0. The maximum atomic E-state index is 11.4. The highest BCUT2D eigenvalue weighted by Crippen LogP contribution is 1.94. The molecule has 13 heavy (non-hydrogen) atoms. The van der Waals surface area contributed by atoms with E-state index in [1.54, 1.807) is 24.0 Å². The van der Waals surface area contributed by atoms with Gasteiger partial charge in [0.1, 0.15) is 0 Å². The molecule has 0 radical (unpaired) electrons. The molecule has 1 rings (SSSR count). The molecule has 1 amide bonds. The van der Waals surface area contributed by atoms with Crippen LogP contribution in [0.5, 0.6) is 0 Å². The van der Waals surface area contributed by atoms with Gasteiger partial charge < -0.3 is 9.88 Å². The zero-order chi connectivity index (χ0) is 9.84. The van der Waals surface area contributed by atoms with Gasteiger partial charge in [0.25, 0.3) is 5.91 Å². The van der Waals surface area contributed by atoms with Gasteiger partial charge in [-0.25, -0.2) is 4.98 Å². The number of aryl methyl sites for hydroxylation is 1. The third kappa shape index (κ3) is 2.43. The molecule has 0 aliphatic carbocycles. The van der Waals surface area contributed by atoms with Crippen molar-refractivity contribution in [2.75, 3.05) is 6.54 Å². The van der Waals surface area contributed by atoms with Gasteiger partial charge in [0, 0.05) is 26.0 Å². The Morgan fingerprint density at radius 3 is 2.92 bits per heavy atom. The Labute approximate surface area is 77.3 Å². The van der Waals surface area contributed by atoms with Gasteiger partial charge in [0.2, 0.25) is 0 Å². The first kappa shape index (κ1) is 9.51. The summed E-state index contributed by atoms with van der Waals surface area (Å²) in [5, 5.41) is 2.70. The van der Waals surface area contributed by atoms with Crippen LogP contribution < -0.4 is 5.32 Å². The zero-order valence-corrected chi connectivity index (χ0v) is 7.87. The molecule has 0 aromatic carbocycles. The summed E-state index contributed by atoms with van der Waals surface area (Å²) in [5.74, 6) is 0.247. The zero-order valence-electron chi connectivity index (χ0n) is 7.87. The summed E-state index contributed by atoms with van der Waals surface area (Å²) in [7, 11) is 1.78. The number of nitrogens with zero attached hydrogens (tertiary/aromatic N) is 2. The Bertz CT molecular complexity index is 327. The van der Waals surface area contributed by atoms with E-state index in [4.69, 9.17) is 0 Å². The second-order valence-electron chi connectivity index (χ2n) is 3.00. The quantitative estimate of drug-likeness (QED) is 0.695. The Morgan fingerprint density at radius 1 is 1.77 bits per heavy atom. The molecule has 1 heterocycles. The molecule has 0 bridgehead atoms. The molecule has 0 unspecified atom stereocenters. The van der Waals surface area contributed by atoms with Gasteiger partial charge in [-0.3, -0.25) is 4.79 Å². The number of amides is 1. The van der Waals surface area contributed by atoms with Crippen LogP contribution in [0.1, 0.15) is 17.5 Å². The molecule has 70 valence electrons. The van der Waals surface area contributed by atoms with Crippen LogP contribution in [0.2, 0.25) is 0 Å². The number of hydrogen-bond acceptors (Lipinski definition) is 2. The van der Waals surface area contributed by atoms with Gasteiger partial charge >= 0.3 is 0 Å². The van der Waals surface area contributed by atoms with Gasteiger partial charge in [0.15, 0.2) is 5.82 Å². The van der Waals surface area contributed by atoms with E-state index in [-0.39, 0.29) is 5.91 Å².